The van der Waals surface area contributed by atoms with Gasteiger partial charge in [-0.2, -0.15) is 0 Å². The van der Waals surface area contributed by atoms with Crippen LogP contribution in [0.4, 0.5) is 5.13 Å². The maximum Gasteiger partial charge on any atom is 0.259 e. The summed E-state index contributed by atoms with van der Waals surface area (Å²) in [6.07, 6.45) is 5.90. The van der Waals surface area contributed by atoms with Crippen LogP contribution in [0.1, 0.15) is 44.5 Å². The molecule has 35 heavy (non-hydrogen) atoms. The zero-order valence-corrected chi connectivity index (χ0v) is 21.5. The van der Waals surface area contributed by atoms with Crippen molar-refractivity contribution in [2.75, 3.05) is 12.4 Å². The van der Waals surface area contributed by atoms with Gasteiger partial charge in [-0.3, -0.25) is 15.1 Å². The number of hydrogen-bond acceptors (Lipinski definition) is 6. The second-order valence-electron chi connectivity index (χ2n) is 8.41. The second-order valence-corrected chi connectivity index (χ2v) is 10.3. The number of carbonyl (C=O) groups is 1. The molecule has 1 aliphatic carbocycles. The SMILES string of the molecule is COc1cnc(Cl)cc1-c1cc(C)ncc1C(=O)Nc1nc2c(s1)C[C@@H](c1ccc(Cl)cc1)CC2. The highest BCUT2D eigenvalue weighted by Crippen LogP contribution is 2.38. The number of halogens is 2. The van der Waals surface area contributed by atoms with E-state index in [-0.39, 0.29) is 5.91 Å². The largest absolute Gasteiger partial charge is 0.494 e. The monoisotopic (exact) mass is 524 g/mol. The van der Waals surface area contributed by atoms with Crippen LogP contribution in [0.5, 0.6) is 5.75 Å². The lowest BCUT2D eigenvalue weighted by Gasteiger charge is -2.21. The van der Waals surface area contributed by atoms with E-state index in [1.165, 1.54) is 21.8 Å². The number of amides is 1. The van der Waals surface area contributed by atoms with Gasteiger partial charge in [-0.1, -0.05) is 35.3 Å². The number of carbonyl (C=O) groups excluding carboxylic acids is 1. The quantitative estimate of drug-likeness (QED) is 0.292. The van der Waals surface area contributed by atoms with Crippen LogP contribution in [-0.2, 0) is 12.8 Å². The van der Waals surface area contributed by atoms with E-state index in [0.29, 0.717) is 38.6 Å². The molecule has 0 radical (unpaired) electrons. The molecule has 0 saturated carbocycles. The number of ether oxygens (including phenoxy) is 1. The Morgan fingerprint density at radius 2 is 1.91 bits per heavy atom. The number of nitrogens with zero attached hydrogens (tertiary/aromatic N) is 3. The third-order valence-corrected chi connectivity index (χ3v) is 7.63. The maximum absolute atomic E-state index is 13.3. The van der Waals surface area contributed by atoms with Crippen LogP contribution in [-0.4, -0.2) is 28.0 Å². The van der Waals surface area contributed by atoms with Gasteiger partial charge in [-0.05, 0) is 61.9 Å². The van der Waals surface area contributed by atoms with Gasteiger partial charge < -0.3 is 4.74 Å². The van der Waals surface area contributed by atoms with Gasteiger partial charge in [0.2, 0.25) is 0 Å². The topological polar surface area (TPSA) is 77.0 Å². The van der Waals surface area contributed by atoms with Crippen molar-refractivity contribution < 1.29 is 9.53 Å². The molecule has 6 nitrogen and oxygen atoms in total. The van der Waals surface area contributed by atoms with Gasteiger partial charge in [-0.15, -0.1) is 11.3 Å². The molecule has 178 valence electrons. The average Bonchev–Trinajstić information content (AvgIpc) is 3.25. The number of anilines is 1. The molecule has 1 aromatic carbocycles. The number of aryl methyl sites for hydroxylation is 2. The lowest BCUT2D eigenvalue weighted by atomic mass is 9.85. The molecule has 3 heterocycles. The summed E-state index contributed by atoms with van der Waals surface area (Å²) in [5.41, 5.74) is 4.85. The summed E-state index contributed by atoms with van der Waals surface area (Å²) in [6.45, 7) is 1.87. The van der Waals surface area contributed by atoms with Crippen molar-refractivity contribution in [3.63, 3.8) is 0 Å². The number of fused-ring (bicyclic) bond motifs is 1. The first-order chi connectivity index (χ1) is 16.9. The zero-order valence-electron chi connectivity index (χ0n) is 19.1. The molecule has 1 N–H and O–H groups in total. The van der Waals surface area contributed by atoms with E-state index in [4.69, 9.17) is 32.9 Å². The number of thiazole rings is 1. The third kappa shape index (κ3) is 5.03. The number of rotatable bonds is 5. The van der Waals surface area contributed by atoms with Crippen molar-refractivity contribution in [2.45, 2.75) is 32.1 Å². The highest BCUT2D eigenvalue weighted by Gasteiger charge is 2.25. The molecule has 0 unspecified atom stereocenters. The van der Waals surface area contributed by atoms with Crippen LogP contribution in [0.2, 0.25) is 10.2 Å². The molecule has 4 aromatic rings. The van der Waals surface area contributed by atoms with Crippen molar-refractivity contribution >= 4 is 45.6 Å². The van der Waals surface area contributed by atoms with E-state index in [1.54, 1.807) is 25.6 Å². The normalized spacial score (nSPS) is 14.9. The van der Waals surface area contributed by atoms with E-state index < -0.39 is 0 Å². The minimum Gasteiger partial charge on any atom is -0.494 e. The fourth-order valence-electron chi connectivity index (χ4n) is 4.37. The number of aromatic nitrogens is 3. The first-order valence-electron chi connectivity index (χ1n) is 11.1. The predicted molar refractivity (Wildman–Crippen MR) is 140 cm³/mol. The lowest BCUT2D eigenvalue weighted by Crippen LogP contribution is -2.14. The Balaban J connectivity index is 1.40. The fourth-order valence-corrected chi connectivity index (χ4v) is 5.73. The molecular formula is C26H22Cl2N4O2S. The zero-order chi connectivity index (χ0) is 24.5. The number of benzene rings is 1. The van der Waals surface area contributed by atoms with Gasteiger partial charge in [-0.25, -0.2) is 9.97 Å². The van der Waals surface area contributed by atoms with Gasteiger partial charge >= 0.3 is 0 Å². The third-order valence-electron chi connectivity index (χ3n) is 6.13. The van der Waals surface area contributed by atoms with Gasteiger partial charge in [0.1, 0.15) is 10.9 Å². The summed E-state index contributed by atoms with van der Waals surface area (Å²) in [4.78, 5) is 27.7. The summed E-state index contributed by atoms with van der Waals surface area (Å²) in [5, 5.41) is 4.62. The molecular weight excluding hydrogens is 503 g/mol. The van der Waals surface area contributed by atoms with E-state index in [9.17, 15) is 4.79 Å². The van der Waals surface area contributed by atoms with Crippen LogP contribution in [0.3, 0.4) is 0 Å². The van der Waals surface area contributed by atoms with Crippen molar-refractivity contribution in [3.05, 3.63) is 86.4 Å². The van der Waals surface area contributed by atoms with Gasteiger partial charge in [0.25, 0.3) is 5.91 Å². The van der Waals surface area contributed by atoms with E-state index >= 15 is 0 Å². The van der Waals surface area contributed by atoms with Crippen molar-refractivity contribution in [3.8, 4) is 16.9 Å². The number of hydrogen-bond donors (Lipinski definition) is 1. The molecule has 9 heteroatoms. The molecule has 0 spiro atoms. The summed E-state index contributed by atoms with van der Waals surface area (Å²) in [5.74, 6) is 0.649. The van der Waals surface area contributed by atoms with Crippen LogP contribution in [0.25, 0.3) is 11.1 Å². The summed E-state index contributed by atoms with van der Waals surface area (Å²) < 4.78 is 5.46. The van der Waals surface area contributed by atoms with Crippen molar-refractivity contribution in [1.29, 1.82) is 0 Å². The maximum atomic E-state index is 13.3. The number of methoxy groups -OCH3 is 1. The summed E-state index contributed by atoms with van der Waals surface area (Å²) in [7, 11) is 1.56. The van der Waals surface area contributed by atoms with Gasteiger partial charge in [0.05, 0.1) is 24.6 Å². The molecule has 1 atom stereocenters. The van der Waals surface area contributed by atoms with Crippen LogP contribution >= 0.6 is 34.5 Å². The molecule has 1 amide bonds. The summed E-state index contributed by atoms with van der Waals surface area (Å²) >= 11 is 13.7. The minimum atomic E-state index is -0.289. The van der Waals surface area contributed by atoms with Crippen LogP contribution < -0.4 is 10.1 Å². The Morgan fingerprint density at radius 1 is 1.11 bits per heavy atom. The highest BCUT2D eigenvalue weighted by atomic mass is 35.5. The Hall–Kier alpha value is -3.00. The number of pyridine rings is 2. The number of nitrogens with one attached hydrogen (secondary N) is 1. The molecule has 5 rings (SSSR count). The van der Waals surface area contributed by atoms with E-state index in [1.807, 2.05) is 25.1 Å². The minimum absolute atomic E-state index is 0.289. The first-order valence-corrected chi connectivity index (χ1v) is 12.7. The molecule has 0 saturated heterocycles. The van der Waals surface area contributed by atoms with Crippen LogP contribution in [0, 0.1) is 6.92 Å². The molecule has 1 aliphatic rings. The lowest BCUT2D eigenvalue weighted by molar-refractivity contribution is 0.102. The van der Waals surface area contributed by atoms with Crippen molar-refractivity contribution in [1.82, 2.24) is 15.0 Å². The Bertz CT molecular complexity index is 1410. The first kappa shape index (κ1) is 23.7. The molecule has 0 bridgehead atoms. The van der Waals surface area contributed by atoms with Crippen LogP contribution in [0.15, 0.2) is 48.8 Å². The smallest absolute Gasteiger partial charge is 0.259 e. The highest BCUT2D eigenvalue weighted by molar-refractivity contribution is 7.15. The summed E-state index contributed by atoms with van der Waals surface area (Å²) in [6, 6.07) is 11.6. The van der Waals surface area contributed by atoms with Gasteiger partial charge in [0.15, 0.2) is 5.13 Å². The Kier molecular flexibility index (Phi) is 6.73. The standard InChI is InChI=1S/C26H22Cl2N4O2S/c1-14-9-18(19-11-24(28)30-13-22(19)34-2)20(12-29-14)25(33)32-26-31-21-8-5-16(10-23(21)35-26)15-3-6-17(27)7-4-15/h3-4,6-7,9,11-13,16H,5,8,10H2,1-2H3,(H,31,32,33)/t16-/m0/s1. The van der Waals surface area contributed by atoms with Crippen molar-refractivity contribution in [2.24, 2.45) is 0 Å². The van der Waals surface area contributed by atoms with Gasteiger partial charge in [0, 0.05) is 32.9 Å². The molecule has 3 aromatic heterocycles. The predicted octanol–water partition coefficient (Wildman–Crippen LogP) is 6.75. The Labute approximate surface area is 217 Å². The van der Waals surface area contributed by atoms with E-state index in [2.05, 4.69) is 27.4 Å². The average molecular weight is 525 g/mol. The second kappa shape index (κ2) is 9.93. The Morgan fingerprint density at radius 3 is 2.69 bits per heavy atom. The van der Waals surface area contributed by atoms with E-state index in [0.717, 1.165) is 35.7 Å². The fraction of sp³-hybridized carbons (Fsp3) is 0.231. The molecule has 0 fully saturated rings. The molecule has 0 aliphatic heterocycles.